The van der Waals surface area contributed by atoms with Crippen molar-refractivity contribution in [3.63, 3.8) is 0 Å². The highest BCUT2D eigenvalue weighted by atomic mass is 79.9. The van der Waals surface area contributed by atoms with E-state index in [9.17, 15) is 0 Å². The highest BCUT2D eigenvalue weighted by molar-refractivity contribution is 9.10. The zero-order valence-electron chi connectivity index (χ0n) is 12.6. The fraction of sp³-hybridized carbons (Fsp3) is 0.118. The lowest BCUT2D eigenvalue weighted by atomic mass is 10.2. The van der Waals surface area contributed by atoms with E-state index < -0.39 is 0 Å². The summed E-state index contributed by atoms with van der Waals surface area (Å²) < 4.78 is 1.04. The van der Waals surface area contributed by atoms with Crippen molar-refractivity contribution in [1.82, 2.24) is 15.2 Å². The van der Waals surface area contributed by atoms with E-state index in [1.165, 1.54) is 11.1 Å². The molecule has 1 aromatic heterocycles. The standard InChI is InChI=1S/C17H16BrN5/c1-12-7-8-14(9-15(12)18)21-17-22-16(11-20-23-17)19-10-13-5-3-2-4-6-13/h2-9,11H,10H2,1H3,(H2,19,21,22,23). The molecule has 0 atom stereocenters. The van der Waals surface area contributed by atoms with Crippen LogP contribution in [0.3, 0.4) is 0 Å². The van der Waals surface area contributed by atoms with Crippen molar-refractivity contribution in [3.05, 3.63) is 70.3 Å². The van der Waals surface area contributed by atoms with Crippen LogP contribution in [-0.4, -0.2) is 15.2 Å². The Morgan fingerprint density at radius 3 is 2.70 bits per heavy atom. The molecular weight excluding hydrogens is 354 g/mol. The summed E-state index contributed by atoms with van der Waals surface area (Å²) in [6.07, 6.45) is 1.61. The van der Waals surface area contributed by atoms with Gasteiger partial charge >= 0.3 is 0 Å². The number of halogens is 1. The number of nitrogens with zero attached hydrogens (tertiary/aromatic N) is 3. The van der Waals surface area contributed by atoms with Gasteiger partial charge in [0, 0.05) is 16.7 Å². The first-order valence-corrected chi connectivity index (χ1v) is 8.01. The van der Waals surface area contributed by atoms with Gasteiger partial charge in [0.2, 0.25) is 5.95 Å². The molecule has 0 fully saturated rings. The average molecular weight is 370 g/mol. The second-order valence-electron chi connectivity index (χ2n) is 5.09. The summed E-state index contributed by atoms with van der Waals surface area (Å²) >= 11 is 3.52. The van der Waals surface area contributed by atoms with Crippen LogP contribution >= 0.6 is 15.9 Å². The van der Waals surface area contributed by atoms with Crippen LogP contribution in [0.1, 0.15) is 11.1 Å². The van der Waals surface area contributed by atoms with Crippen molar-refractivity contribution in [2.45, 2.75) is 13.5 Å². The molecule has 0 amide bonds. The van der Waals surface area contributed by atoms with E-state index in [1.807, 2.05) is 43.3 Å². The third-order valence-electron chi connectivity index (χ3n) is 3.30. The Kier molecular flexibility index (Phi) is 4.83. The number of nitrogens with one attached hydrogen (secondary N) is 2. The predicted molar refractivity (Wildman–Crippen MR) is 95.8 cm³/mol. The van der Waals surface area contributed by atoms with Gasteiger partial charge in [-0.15, -0.1) is 5.10 Å². The van der Waals surface area contributed by atoms with Gasteiger partial charge in [-0.25, -0.2) is 0 Å². The van der Waals surface area contributed by atoms with Crippen LogP contribution in [-0.2, 0) is 6.54 Å². The van der Waals surface area contributed by atoms with Gasteiger partial charge in [-0.1, -0.05) is 52.3 Å². The maximum atomic E-state index is 4.42. The molecule has 0 saturated carbocycles. The largest absolute Gasteiger partial charge is 0.365 e. The third kappa shape index (κ3) is 4.26. The number of hydrogen-bond donors (Lipinski definition) is 2. The monoisotopic (exact) mass is 369 g/mol. The van der Waals surface area contributed by atoms with Gasteiger partial charge in [-0.3, -0.25) is 0 Å². The van der Waals surface area contributed by atoms with Crippen LogP contribution in [0.5, 0.6) is 0 Å². The second-order valence-corrected chi connectivity index (χ2v) is 5.95. The Labute approximate surface area is 143 Å². The number of benzene rings is 2. The van der Waals surface area contributed by atoms with E-state index in [-0.39, 0.29) is 0 Å². The molecule has 0 aliphatic rings. The Balaban J connectivity index is 1.68. The molecule has 5 nitrogen and oxygen atoms in total. The molecule has 0 spiro atoms. The average Bonchev–Trinajstić information content (AvgIpc) is 2.58. The smallest absolute Gasteiger partial charge is 0.249 e. The molecule has 116 valence electrons. The van der Waals surface area contributed by atoms with Crippen molar-refractivity contribution in [2.75, 3.05) is 10.6 Å². The predicted octanol–water partition coefficient (Wildman–Crippen LogP) is 4.30. The SMILES string of the molecule is Cc1ccc(Nc2nncc(NCc3ccccc3)n2)cc1Br. The number of aryl methyl sites for hydroxylation is 1. The molecule has 0 bridgehead atoms. The maximum absolute atomic E-state index is 4.42. The molecule has 6 heteroatoms. The lowest BCUT2D eigenvalue weighted by molar-refractivity contribution is 0.966. The summed E-state index contributed by atoms with van der Waals surface area (Å²) in [5.74, 6) is 1.14. The van der Waals surface area contributed by atoms with Crippen molar-refractivity contribution < 1.29 is 0 Å². The minimum Gasteiger partial charge on any atom is -0.365 e. The summed E-state index contributed by atoms with van der Waals surface area (Å²) in [6.45, 7) is 2.73. The van der Waals surface area contributed by atoms with Crippen LogP contribution in [0.15, 0.2) is 59.2 Å². The lowest BCUT2D eigenvalue weighted by Crippen LogP contribution is -2.05. The van der Waals surface area contributed by atoms with Crippen molar-refractivity contribution in [1.29, 1.82) is 0 Å². The molecule has 0 aliphatic carbocycles. The normalized spacial score (nSPS) is 10.3. The molecule has 0 radical (unpaired) electrons. The number of aromatic nitrogens is 3. The Bertz CT molecular complexity index is 792. The van der Waals surface area contributed by atoms with Gasteiger partial charge in [0.1, 0.15) is 0 Å². The molecule has 3 rings (SSSR count). The van der Waals surface area contributed by atoms with Crippen LogP contribution in [0.4, 0.5) is 17.5 Å². The van der Waals surface area contributed by atoms with Crippen molar-refractivity contribution >= 4 is 33.4 Å². The van der Waals surface area contributed by atoms with Gasteiger partial charge in [-0.05, 0) is 30.2 Å². The summed E-state index contributed by atoms with van der Waals surface area (Å²) in [6, 6.07) is 16.1. The molecule has 0 aliphatic heterocycles. The number of rotatable bonds is 5. The second kappa shape index (κ2) is 7.19. The minimum absolute atomic E-state index is 0.457. The van der Waals surface area contributed by atoms with E-state index in [2.05, 4.69) is 53.9 Å². The molecular formula is C17H16BrN5. The van der Waals surface area contributed by atoms with Crippen LogP contribution in [0.2, 0.25) is 0 Å². The van der Waals surface area contributed by atoms with E-state index in [0.29, 0.717) is 18.3 Å². The van der Waals surface area contributed by atoms with E-state index in [4.69, 9.17) is 0 Å². The van der Waals surface area contributed by atoms with E-state index >= 15 is 0 Å². The highest BCUT2D eigenvalue weighted by Gasteiger charge is 2.03. The van der Waals surface area contributed by atoms with Gasteiger partial charge in [0.25, 0.3) is 0 Å². The molecule has 0 saturated heterocycles. The Morgan fingerprint density at radius 2 is 1.91 bits per heavy atom. The van der Waals surface area contributed by atoms with Gasteiger partial charge in [0.05, 0.1) is 6.20 Å². The van der Waals surface area contributed by atoms with Gasteiger partial charge in [-0.2, -0.15) is 10.1 Å². The van der Waals surface area contributed by atoms with Gasteiger partial charge in [0.15, 0.2) is 5.82 Å². The molecule has 2 N–H and O–H groups in total. The summed E-state index contributed by atoms with van der Waals surface area (Å²) in [5.41, 5.74) is 3.26. The van der Waals surface area contributed by atoms with Crippen LogP contribution < -0.4 is 10.6 Å². The minimum atomic E-state index is 0.457. The molecule has 1 heterocycles. The lowest BCUT2D eigenvalue weighted by Gasteiger charge is -2.08. The molecule has 3 aromatic rings. The summed E-state index contributed by atoms with van der Waals surface area (Å²) in [4.78, 5) is 4.42. The summed E-state index contributed by atoms with van der Waals surface area (Å²) in [7, 11) is 0. The number of hydrogen-bond acceptors (Lipinski definition) is 5. The number of anilines is 3. The van der Waals surface area contributed by atoms with Gasteiger partial charge < -0.3 is 10.6 Å². The zero-order valence-corrected chi connectivity index (χ0v) is 14.2. The third-order valence-corrected chi connectivity index (χ3v) is 4.16. The topological polar surface area (TPSA) is 62.7 Å². The Morgan fingerprint density at radius 1 is 1.09 bits per heavy atom. The van der Waals surface area contributed by atoms with Crippen LogP contribution in [0, 0.1) is 6.92 Å². The first kappa shape index (κ1) is 15.4. The first-order valence-electron chi connectivity index (χ1n) is 7.21. The maximum Gasteiger partial charge on any atom is 0.249 e. The van der Waals surface area contributed by atoms with Crippen molar-refractivity contribution in [2.24, 2.45) is 0 Å². The molecule has 23 heavy (non-hydrogen) atoms. The van der Waals surface area contributed by atoms with E-state index in [0.717, 1.165) is 10.2 Å². The fourth-order valence-electron chi connectivity index (χ4n) is 2.03. The molecule has 2 aromatic carbocycles. The summed E-state index contributed by atoms with van der Waals surface area (Å²) in [5, 5.41) is 14.4. The first-order chi connectivity index (χ1) is 11.2. The Hall–Kier alpha value is -2.47. The molecule has 0 unspecified atom stereocenters. The quantitative estimate of drug-likeness (QED) is 0.701. The van der Waals surface area contributed by atoms with E-state index in [1.54, 1.807) is 6.20 Å². The van der Waals surface area contributed by atoms with Crippen molar-refractivity contribution in [3.8, 4) is 0 Å². The highest BCUT2D eigenvalue weighted by Crippen LogP contribution is 2.22. The zero-order chi connectivity index (χ0) is 16.1. The fourth-order valence-corrected chi connectivity index (χ4v) is 2.41. The van der Waals surface area contributed by atoms with Crippen LogP contribution in [0.25, 0.3) is 0 Å².